The van der Waals surface area contributed by atoms with E-state index in [0.29, 0.717) is 37.5 Å². The van der Waals surface area contributed by atoms with Crippen molar-refractivity contribution >= 4 is 23.5 Å². The van der Waals surface area contributed by atoms with Gasteiger partial charge in [-0.3, -0.25) is 14.6 Å². The predicted octanol–water partition coefficient (Wildman–Crippen LogP) is 4.59. The first-order chi connectivity index (χ1) is 17.1. The van der Waals surface area contributed by atoms with E-state index in [2.05, 4.69) is 15.0 Å². The monoisotopic (exact) mass is 502 g/mol. The number of carbonyl (C=O) groups is 2. The SMILES string of the molecule is COC(=O)NC1CCN(C2N=C(c3ccccc3C)N(c3ccc(C(F)(F)F)cc3)C(=O)[C@@H]2C)CC1. The quantitative estimate of drug-likeness (QED) is 0.664. The van der Waals surface area contributed by atoms with Crippen LogP contribution in [-0.4, -0.2) is 55.1 Å². The van der Waals surface area contributed by atoms with Gasteiger partial charge < -0.3 is 10.1 Å². The summed E-state index contributed by atoms with van der Waals surface area (Å²) in [4.78, 5) is 33.8. The molecule has 0 aromatic heterocycles. The van der Waals surface area contributed by atoms with E-state index in [1.807, 2.05) is 31.2 Å². The van der Waals surface area contributed by atoms with E-state index in [1.165, 1.54) is 24.1 Å². The molecule has 2 aromatic rings. The number of nitrogens with one attached hydrogen (secondary N) is 1. The maximum atomic E-state index is 13.7. The van der Waals surface area contributed by atoms with Crippen LogP contribution in [0, 0.1) is 12.8 Å². The number of aryl methyl sites for hydroxylation is 1. The van der Waals surface area contributed by atoms with E-state index in [-0.39, 0.29) is 11.9 Å². The number of rotatable bonds is 4. The molecular formula is C26H29F3N4O3. The summed E-state index contributed by atoms with van der Waals surface area (Å²) in [5.41, 5.74) is 1.20. The zero-order chi connectivity index (χ0) is 26.0. The molecule has 2 aliphatic heterocycles. The largest absolute Gasteiger partial charge is 0.453 e. The number of methoxy groups -OCH3 is 1. The summed E-state index contributed by atoms with van der Waals surface area (Å²) < 4.78 is 44.1. The maximum absolute atomic E-state index is 13.7. The van der Waals surface area contributed by atoms with Crippen LogP contribution in [0.1, 0.15) is 36.5 Å². The number of alkyl halides is 3. The number of hydrogen-bond donors (Lipinski definition) is 1. The molecule has 0 saturated carbocycles. The molecule has 2 atom stereocenters. The number of nitrogens with zero attached hydrogens (tertiary/aromatic N) is 3. The molecule has 1 N–H and O–H groups in total. The lowest BCUT2D eigenvalue weighted by molar-refractivity contribution is -0.137. The van der Waals surface area contributed by atoms with Gasteiger partial charge in [0.2, 0.25) is 5.91 Å². The molecule has 7 nitrogen and oxygen atoms in total. The van der Waals surface area contributed by atoms with Gasteiger partial charge >= 0.3 is 12.3 Å². The summed E-state index contributed by atoms with van der Waals surface area (Å²) in [5, 5.41) is 2.82. The van der Waals surface area contributed by atoms with Crippen LogP contribution in [0.2, 0.25) is 0 Å². The molecule has 0 radical (unpaired) electrons. The standard InChI is InChI=1S/C26H29F3N4O3/c1-16-6-4-5-7-21(16)23-31-22(32-14-12-19(13-15-32)30-25(35)36-3)17(2)24(34)33(23)20-10-8-18(9-11-20)26(27,28)29/h4-11,17,19,22H,12-15H2,1-3H3,(H,30,35)/t17-,22?/m1/s1. The van der Waals surface area contributed by atoms with Gasteiger partial charge in [0.1, 0.15) is 12.0 Å². The number of anilines is 1. The summed E-state index contributed by atoms with van der Waals surface area (Å²) in [6.07, 6.45) is -4.00. The van der Waals surface area contributed by atoms with Gasteiger partial charge in [-0.1, -0.05) is 31.2 Å². The first-order valence-corrected chi connectivity index (χ1v) is 11.8. The minimum Gasteiger partial charge on any atom is -0.453 e. The van der Waals surface area contributed by atoms with Gasteiger partial charge in [-0.05, 0) is 49.6 Å². The van der Waals surface area contributed by atoms with Gasteiger partial charge in [-0.2, -0.15) is 13.2 Å². The fourth-order valence-corrected chi connectivity index (χ4v) is 4.72. The van der Waals surface area contributed by atoms with Crippen molar-refractivity contribution in [1.29, 1.82) is 0 Å². The molecule has 2 heterocycles. The van der Waals surface area contributed by atoms with Crippen LogP contribution < -0.4 is 10.2 Å². The van der Waals surface area contributed by atoms with E-state index >= 15 is 0 Å². The lowest BCUT2D eigenvalue weighted by Gasteiger charge is -2.42. The average Bonchev–Trinajstić information content (AvgIpc) is 2.86. The van der Waals surface area contributed by atoms with E-state index in [0.717, 1.165) is 23.3 Å². The Hall–Kier alpha value is -3.40. The first-order valence-electron chi connectivity index (χ1n) is 11.8. The number of aliphatic imine (C=N–C) groups is 1. The van der Waals surface area contributed by atoms with Crippen molar-refractivity contribution in [3.63, 3.8) is 0 Å². The van der Waals surface area contributed by atoms with Crippen LogP contribution in [-0.2, 0) is 15.7 Å². The van der Waals surface area contributed by atoms with E-state index < -0.39 is 29.9 Å². The molecule has 2 aliphatic rings. The van der Waals surface area contributed by atoms with Gasteiger partial charge in [0, 0.05) is 24.7 Å². The van der Waals surface area contributed by atoms with Gasteiger partial charge in [-0.25, -0.2) is 9.79 Å². The highest BCUT2D eigenvalue weighted by Crippen LogP contribution is 2.34. The zero-order valence-corrected chi connectivity index (χ0v) is 20.4. The number of hydrogen-bond acceptors (Lipinski definition) is 5. The highest BCUT2D eigenvalue weighted by atomic mass is 19.4. The molecule has 1 saturated heterocycles. The third-order valence-corrected chi connectivity index (χ3v) is 6.77. The number of ether oxygens (including phenoxy) is 1. The Labute approximate surface area is 207 Å². The number of piperidine rings is 1. The van der Waals surface area contributed by atoms with Crippen molar-refractivity contribution in [2.45, 2.75) is 45.1 Å². The minimum atomic E-state index is -4.47. The Bertz CT molecular complexity index is 1140. The molecule has 0 spiro atoms. The van der Waals surface area contributed by atoms with E-state index in [4.69, 9.17) is 4.99 Å². The summed E-state index contributed by atoms with van der Waals surface area (Å²) in [6.45, 7) is 4.95. The topological polar surface area (TPSA) is 74.2 Å². The normalized spacial score (nSPS) is 21.8. The molecule has 2 aromatic carbocycles. The van der Waals surface area contributed by atoms with Gasteiger partial charge in [0.05, 0.1) is 24.3 Å². The van der Waals surface area contributed by atoms with Crippen molar-refractivity contribution in [2.24, 2.45) is 10.9 Å². The lowest BCUT2D eigenvalue weighted by atomic mass is 9.96. The smallest absolute Gasteiger partial charge is 0.416 e. The van der Waals surface area contributed by atoms with E-state index in [9.17, 15) is 22.8 Å². The first kappa shape index (κ1) is 25.7. The van der Waals surface area contributed by atoms with Crippen LogP contribution in [0.3, 0.4) is 0 Å². The molecule has 0 bridgehead atoms. The summed E-state index contributed by atoms with van der Waals surface area (Å²) >= 11 is 0. The van der Waals surface area contributed by atoms with Crippen LogP contribution in [0.15, 0.2) is 53.5 Å². The molecule has 1 unspecified atom stereocenters. The molecule has 192 valence electrons. The van der Waals surface area contributed by atoms with Crippen molar-refractivity contribution in [1.82, 2.24) is 10.2 Å². The third kappa shape index (κ3) is 5.23. The van der Waals surface area contributed by atoms with Crippen molar-refractivity contribution in [3.05, 3.63) is 65.2 Å². The molecule has 36 heavy (non-hydrogen) atoms. The maximum Gasteiger partial charge on any atom is 0.416 e. The van der Waals surface area contributed by atoms with Crippen molar-refractivity contribution < 1.29 is 27.5 Å². The van der Waals surface area contributed by atoms with Gasteiger partial charge in [0.25, 0.3) is 0 Å². The second-order valence-electron chi connectivity index (χ2n) is 9.13. The second kappa shape index (κ2) is 10.3. The Kier molecular flexibility index (Phi) is 7.35. The van der Waals surface area contributed by atoms with Crippen LogP contribution in [0.25, 0.3) is 0 Å². The number of carbonyl (C=O) groups excluding carboxylic acids is 2. The zero-order valence-electron chi connectivity index (χ0n) is 20.4. The summed E-state index contributed by atoms with van der Waals surface area (Å²) in [5.74, 6) is -0.344. The summed E-state index contributed by atoms with van der Waals surface area (Å²) in [6, 6.07) is 12.1. The Morgan fingerprint density at radius 1 is 1.08 bits per heavy atom. The number of amides is 2. The Morgan fingerprint density at radius 2 is 1.72 bits per heavy atom. The Morgan fingerprint density at radius 3 is 2.31 bits per heavy atom. The lowest BCUT2D eigenvalue weighted by Crippen LogP contribution is -2.56. The number of likely N-dealkylation sites (tertiary alicyclic amines) is 1. The molecule has 2 amide bonds. The van der Waals surface area contributed by atoms with Gasteiger partial charge in [0.15, 0.2) is 0 Å². The fraction of sp³-hybridized carbons (Fsp3) is 0.423. The number of amidine groups is 1. The van der Waals surface area contributed by atoms with Crippen LogP contribution in [0.4, 0.5) is 23.7 Å². The highest BCUT2D eigenvalue weighted by molar-refractivity contribution is 6.25. The molecular weight excluding hydrogens is 473 g/mol. The highest BCUT2D eigenvalue weighted by Gasteiger charge is 2.41. The average molecular weight is 503 g/mol. The molecule has 4 rings (SSSR count). The molecule has 1 fully saturated rings. The number of benzene rings is 2. The van der Waals surface area contributed by atoms with Gasteiger partial charge in [-0.15, -0.1) is 0 Å². The Balaban J connectivity index is 1.68. The third-order valence-electron chi connectivity index (χ3n) is 6.77. The van der Waals surface area contributed by atoms with Crippen LogP contribution >= 0.6 is 0 Å². The minimum absolute atomic E-state index is 0.0215. The van der Waals surface area contributed by atoms with Crippen molar-refractivity contribution in [2.75, 3.05) is 25.1 Å². The predicted molar refractivity (Wildman–Crippen MR) is 130 cm³/mol. The van der Waals surface area contributed by atoms with Crippen molar-refractivity contribution in [3.8, 4) is 0 Å². The van der Waals surface area contributed by atoms with E-state index in [1.54, 1.807) is 6.92 Å². The molecule has 0 aliphatic carbocycles. The number of halogens is 3. The molecule has 10 heteroatoms. The fourth-order valence-electron chi connectivity index (χ4n) is 4.72. The van der Waals surface area contributed by atoms with Crippen LogP contribution in [0.5, 0.6) is 0 Å². The number of alkyl carbamates (subject to hydrolysis) is 1. The second-order valence-corrected chi connectivity index (χ2v) is 9.13. The summed E-state index contributed by atoms with van der Waals surface area (Å²) in [7, 11) is 1.32.